The lowest BCUT2D eigenvalue weighted by molar-refractivity contribution is 0.600. The number of alkyl halides is 1. The average molecular weight is 355 g/mol. The van der Waals surface area contributed by atoms with E-state index >= 15 is 0 Å². The number of benzene rings is 1. The van der Waals surface area contributed by atoms with Crippen molar-refractivity contribution in [2.45, 2.75) is 11.8 Å². The monoisotopic (exact) mass is 354 g/mol. The molecule has 0 aliphatic rings. The van der Waals surface area contributed by atoms with E-state index in [0.29, 0.717) is 12.1 Å². The van der Waals surface area contributed by atoms with Crippen molar-refractivity contribution >= 4 is 31.6 Å². The molecule has 6 heteroatoms. The fourth-order valence-corrected chi connectivity index (χ4v) is 3.17. The number of nitrogens with zero attached hydrogens (tertiary/aromatic N) is 1. The van der Waals surface area contributed by atoms with Gasteiger partial charge < -0.3 is 0 Å². The number of rotatable bonds is 6. The fourth-order valence-electron chi connectivity index (χ4n) is 1.69. The SMILES string of the molecule is O=S(=O)(CCc1ccncc1)Nc1ccc(CBr)cc1. The molecule has 0 saturated carbocycles. The van der Waals surface area contributed by atoms with Crippen molar-refractivity contribution in [1.29, 1.82) is 0 Å². The van der Waals surface area contributed by atoms with Crippen LogP contribution in [0.15, 0.2) is 48.8 Å². The van der Waals surface area contributed by atoms with Crippen LogP contribution in [0.1, 0.15) is 11.1 Å². The van der Waals surface area contributed by atoms with Crippen LogP contribution in [0.4, 0.5) is 5.69 Å². The van der Waals surface area contributed by atoms with Gasteiger partial charge in [-0.3, -0.25) is 9.71 Å². The summed E-state index contributed by atoms with van der Waals surface area (Å²) in [6, 6.07) is 10.9. The summed E-state index contributed by atoms with van der Waals surface area (Å²) in [5.41, 5.74) is 2.65. The largest absolute Gasteiger partial charge is 0.284 e. The Bertz CT molecular complexity index is 643. The normalized spacial score (nSPS) is 11.2. The summed E-state index contributed by atoms with van der Waals surface area (Å²) in [6.45, 7) is 0. The zero-order valence-electron chi connectivity index (χ0n) is 10.8. The minimum absolute atomic E-state index is 0.0528. The minimum Gasteiger partial charge on any atom is -0.284 e. The maximum atomic E-state index is 12.0. The molecule has 0 amide bonds. The first-order valence-electron chi connectivity index (χ1n) is 6.13. The molecule has 20 heavy (non-hydrogen) atoms. The summed E-state index contributed by atoms with van der Waals surface area (Å²) in [6.07, 6.45) is 3.79. The summed E-state index contributed by atoms with van der Waals surface area (Å²) in [5.74, 6) is 0.0528. The van der Waals surface area contributed by atoms with Crippen molar-refractivity contribution in [1.82, 2.24) is 4.98 Å². The number of sulfonamides is 1. The molecular weight excluding hydrogens is 340 g/mol. The van der Waals surface area contributed by atoms with Gasteiger partial charge in [-0.25, -0.2) is 8.42 Å². The predicted octanol–water partition coefficient (Wildman–Crippen LogP) is 2.96. The van der Waals surface area contributed by atoms with E-state index in [1.807, 2.05) is 24.3 Å². The van der Waals surface area contributed by atoms with Crippen molar-refractivity contribution in [3.8, 4) is 0 Å². The molecule has 1 heterocycles. The Morgan fingerprint density at radius 3 is 2.25 bits per heavy atom. The van der Waals surface area contributed by atoms with Crippen LogP contribution in [-0.4, -0.2) is 19.2 Å². The average Bonchev–Trinajstić information content (AvgIpc) is 2.47. The van der Waals surface area contributed by atoms with Crippen LogP contribution >= 0.6 is 15.9 Å². The molecular formula is C14H15BrN2O2S. The van der Waals surface area contributed by atoms with E-state index in [0.717, 1.165) is 16.5 Å². The Hall–Kier alpha value is -1.40. The lowest BCUT2D eigenvalue weighted by Crippen LogP contribution is -2.18. The topological polar surface area (TPSA) is 59.1 Å². The van der Waals surface area contributed by atoms with E-state index in [-0.39, 0.29) is 5.75 Å². The molecule has 0 unspecified atom stereocenters. The summed E-state index contributed by atoms with van der Waals surface area (Å²) >= 11 is 3.35. The summed E-state index contributed by atoms with van der Waals surface area (Å²) < 4.78 is 26.6. The molecule has 0 spiro atoms. The Balaban J connectivity index is 1.96. The second-order valence-corrected chi connectivity index (χ2v) is 6.76. The van der Waals surface area contributed by atoms with Gasteiger partial charge in [0.05, 0.1) is 5.75 Å². The number of hydrogen-bond donors (Lipinski definition) is 1. The highest BCUT2D eigenvalue weighted by molar-refractivity contribution is 9.08. The third kappa shape index (κ3) is 4.61. The highest BCUT2D eigenvalue weighted by Gasteiger charge is 2.10. The molecule has 0 radical (unpaired) electrons. The lowest BCUT2D eigenvalue weighted by Gasteiger charge is -2.08. The zero-order valence-corrected chi connectivity index (χ0v) is 13.2. The van der Waals surface area contributed by atoms with Gasteiger partial charge in [-0.1, -0.05) is 28.1 Å². The van der Waals surface area contributed by atoms with Crippen LogP contribution in [0.25, 0.3) is 0 Å². The van der Waals surface area contributed by atoms with Gasteiger partial charge in [0.25, 0.3) is 0 Å². The number of aromatic nitrogens is 1. The van der Waals surface area contributed by atoms with Gasteiger partial charge >= 0.3 is 0 Å². The molecule has 1 aromatic heterocycles. The molecule has 1 aromatic carbocycles. The lowest BCUT2D eigenvalue weighted by atomic mass is 10.2. The van der Waals surface area contributed by atoms with E-state index in [4.69, 9.17) is 0 Å². The van der Waals surface area contributed by atoms with E-state index < -0.39 is 10.0 Å². The molecule has 0 fully saturated rings. The molecule has 0 aliphatic carbocycles. The molecule has 1 N–H and O–H groups in total. The van der Waals surface area contributed by atoms with Crippen LogP contribution in [0, 0.1) is 0 Å². The van der Waals surface area contributed by atoms with Gasteiger partial charge in [-0.05, 0) is 41.8 Å². The highest BCUT2D eigenvalue weighted by Crippen LogP contribution is 2.14. The summed E-state index contributed by atoms with van der Waals surface area (Å²) in [5, 5.41) is 0.752. The Morgan fingerprint density at radius 2 is 1.65 bits per heavy atom. The third-order valence-electron chi connectivity index (χ3n) is 2.79. The Kier molecular flexibility index (Phi) is 5.14. The highest BCUT2D eigenvalue weighted by atomic mass is 79.9. The van der Waals surface area contributed by atoms with Crippen LogP contribution in [0.2, 0.25) is 0 Å². The molecule has 0 bridgehead atoms. The summed E-state index contributed by atoms with van der Waals surface area (Å²) in [4.78, 5) is 3.90. The van der Waals surface area contributed by atoms with Gasteiger partial charge in [0.15, 0.2) is 0 Å². The number of pyridine rings is 1. The van der Waals surface area contributed by atoms with Crippen molar-refractivity contribution < 1.29 is 8.42 Å². The number of hydrogen-bond acceptors (Lipinski definition) is 3. The zero-order chi connectivity index (χ0) is 14.4. The first kappa shape index (κ1) is 15.0. The van der Waals surface area contributed by atoms with Crippen LogP contribution < -0.4 is 4.72 Å². The molecule has 106 valence electrons. The first-order valence-corrected chi connectivity index (χ1v) is 8.91. The van der Waals surface area contributed by atoms with E-state index in [1.54, 1.807) is 24.5 Å². The van der Waals surface area contributed by atoms with Gasteiger partial charge in [-0.2, -0.15) is 0 Å². The molecule has 2 aromatic rings. The number of halogens is 1. The fraction of sp³-hybridized carbons (Fsp3) is 0.214. The van der Waals surface area contributed by atoms with E-state index in [1.165, 1.54) is 0 Å². The second kappa shape index (κ2) is 6.85. The van der Waals surface area contributed by atoms with Crippen LogP contribution in [-0.2, 0) is 21.8 Å². The molecule has 0 atom stereocenters. The number of anilines is 1. The van der Waals surface area contributed by atoms with Crippen LogP contribution in [0.3, 0.4) is 0 Å². The van der Waals surface area contributed by atoms with Gasteiger partial charge in [0.1, 0.15) is 0 Å². The molecule has 4 nitrogen and oxygen atoms in total. The van der Waals surface area contributed by atoms with Gasteiger partial charge in [-0.15, -0.1) is 0 Å². The van der Waals surface area contributed by atoms with E-state index in [9.17, 15) is 8.42 Å². The standard InChI is InChI=1S/C14H15BrN2O2S/c15-11-13-1-3-14(4-2-13)17-20(18,19)10-7-12-5-8-16-9-6-12/h1-6,8-9,17H,7,10-11H2. The number of nitrogens with one attached hydrogen (secondary N) is 1. The van der Waals surface area contributed by atoms with Crippen molar-refractivity contribution in [2.24, 2.45) is 0 Å². The van der Waals surface area contributed by atoms with Crippen molar-refractivity contribution in [3.63, 3.8) is 0 Å². The molecule has 2 rings (SSSR count). The third-order valence-corrected chi connectivity index (χ3v) is 4.73. The Labute approximate surface area is 127 Å². The van der Waals surface area contributed by atoms with E-state index in [2.05, 4.69) is 25.6 Å². The second-order valence-electron chi connectivity index (χ2n) is 4.36. The molecule has 0 saturated heterocycles. The maximum Gasteiger partial charge on any atom is 0.233 e. The predicted molar refractivity (Wildman–Crippen MR) is 84.4 cm³/mol. The van der Waals surface area contributed by atoms with Crippen molar-refractivity contribution in [3.05, 3.63) is 59.9 Å². The number of aryl methyl sites for hydroxylation is 1. The van der Waals surface area contributed by atoms with Crippen LogP contribution in [0.5, 0.6) is 0 Å². The maximum absolute atomic E-state index is 12.0. The quantitative estimate of drug-likeness (QED) is 0.811. The minimum atomic E-state index is -3.33. The smallest absolute Gasteiger partial charge is 0.233 e. The van der Waals surface area contributed by atoms with Gasteiger partial charge in [0, 0.05) is 23.4 Å². The summed E-state index contributed by atoms with van der Waals surface area (Å²) in [7, 11) is -3.33. The van der Waals surface area contributed by atoms with Crippen molar-refractivity contribution in [2.75, 3.05) is 10.5 Å². The molecule has 0 aliphatic heterocycles. The Morgan fingerprint density at radius 1 is 1.00 bits per heavy atom. The van der Waals surface area contributed by atoms with Gasteiger partial charge in [0.2, 0.25) is 10.0 Å². The first-order chi connectivity index (χ1) is 9.59.